The van der Waals surface area contributed by atoms with E-state index >= 15 is 0 Å². The Morgan fingerprint density at radius 3 is 0.896 bits per heavy atom. The van der Waals surface area contributed by atoms with Crippen molar-refractivity contribution in [2.75, 3.05) is 7.11 Å². The summed E-state index contributed by atoms with van der Waals surface area (Å²) >= 11 is 6.34. The lowest BCUT2D eigenvalue weighted by molar-refractivity contribution is 0.214. The van der Waals surface area contributed by atoms with E-state index < -0.39 is 0 Å². The number of benzene rings is 12. The molecule has 708 valence electrons. The van der Waals surface area contributed by atoms with E-state index in [0.717, 1.165) is 165 Å². The largest absolute Gasteiger partial charge is 0.508 e. The van der Waals surface area contributed by atoms with Crippen LogP contribution in [0.5, 0.6) is 40.2 Å². The molecule has 0 spiro atoms. The predicted octanol–water partition coefficient (Wildman–Crippen LogP) is 33.1. The number of rotatable bonds is 17. The zero-order valence-corrected chi connectivity index (χ0v) is 82.0. The maximum Gasteiger partial charge on any atom is 0.128 e. The molecule has 0 unspecified atom stereocenters. The van der Waals surface area contributed by atoms with Gasteiger partial charge in [-0.2, -0.15) is 0 Å². The number of ether oxygens (including phenoxy) is 1. The highest BCUT2D eigenvalue weighted by molar-refractivity contribution is 6.31. The van der Waals surface area contributed by atoms with Crippen molar-refractivity contribution in [2.24, 2.45) is 47.3 Å². The third-order valence-electron chi connectivity index (χ3n) is 32.3. The summed E-state index contributed by atoms with van der Waals surface area (Å²) in [6.45, 7) is 22.8. The standard InChI is InChI=1S/C22H28O2.C22H28O.C21H25FO.C21H26O.C19H21FO.C18H18ClFO/c1-16(2)17-11-13-22(14-12-17,18-7-9-20(23)10-8-18)19-5-4-6-21(15-19)24-3;1-16(2)18-12-14-22(15-13-18,19-6-4-17(3)5-7-19)20-8-10-21(23)11-9-20;1-15(2)16-11-13-21(14-12-16,17-7-9-18(23)10-8-17)19-5-3-4-6-20(19)22;1-16(2)17-12-14-21(15-13-17,18-6-4-3-5-7-18)19-8-10-20(22)11-9-19;1-14-5-10-18(20)17(13-14)19(11-3-2-4-12-19)15-6-8-16(21)9-7-15;19-15-5-4-6-16(20)17(15)18(11-2-1-3-12-18)13-7-9-14(21)10-8-13/h4-10,15-17,23H,11-14H2,1-3H3;4-11,16,18,23H,12-15H2,1-3H3;3-10,15-16,23H,11-14H2,1-2H3;3-11,16-17,22H,12-15H2,1-2H3;5-10,13,21H,2-4,11-12H2,1H3;4-10,21H,1-3,11-12H2. The third-order valence-corrected chi connectivity index (χ3v) is 32.6. The van der Waals surface area contributed by atoms with Gasteiger partial charge in [0.1, 0.15) is 57.7 Å². The maximum absolute atomic E-state index is 14.6. The highest BCUT2D eigenvalue weighted by atomic mass is 35.5. The number of aromatic hydroxyl groups is 6. The molecule has 6 aliphatic rings. The van der Waals surface area contributed by atoms with Crippen molar-refractivity contribution in [1.29, 1.82) is 0 Å². The van der Waals surface area contributed by atoms with Crippen molar-refractivity contribution in [2.45, 2.75) is 269 Å². The van der Waals surface area contributed by atoms with Crippen molar-refractivity contribution >= 4 is 11.6 Å². The molecule has 12 aromatic rings. The molecular formula is C123H146ClF3O7. The van der Waals surface area contributed by atoms with Gasteiger partial charge >= 0.3 is 0 Å². The molecule has 0 aliphatic heterocycles. The molecule has 0 radical (unpaired) electrons. The Labute approximate surface area is 803 Å². The van der Waals surface area contributed by atoms with Crippen LogP contribution in [0.15, 0.2) is 285 Å². The van der Waals surface area contributed by atoms with Crippen molar-refractivity contribution in [3.63, 3.8) is 0 Å². The zero-order valence-electron chi connectivity index (χ0n) is 81.2. The van der Waals surface area contributed by atoms with Crippen LogP contribution in [0.4, 0.5) is 13.2 Å². The van der Waals surface area contributed by atoms with Gasteiger partial charge < -0.3 is 35.4 Å². The Hall–Kier alpha value is -10.7. The first-order chi connectivity index (χ1) is 64.4. The Morgan fingerprint density at radius 1 is 0.261 bits per heavy atom. The smallest absolute Gasteiger partial charge is 0.128 e. The molecule has 0 amide bonds. The van der Waals surface area contributed by atoms with E-state index in [9.17, 15) is 43.8 Å². The highest BCUT2D eigenvalue weighted by Gasteiger charge is 2.46. The van der Waals surface area contributed by atoms with Crippen molar-refractivity contribution < 1.29 is 48.5 Å². The molecule has 0 bridgehead atoms. The van der Waals surface area contributed by atoms with Gasteiger partial charge in [-0.15, -0.1) is 0 Å². The Morgan fingerprint density at radius 2 is 0.537 bits per heavy atom. The summed E-state index contributed by atoms with van der Waals surface area (Å²) in [6.07, 6.45) is 29.3. The summed E-state index contributed by atoms with van der Waals surface area (Å²) in [5.41, 5.74) is 15.4. The molecule has 0 atom stereocenters. The fraction of sp³-hybridized carbons (Fsp3) is 0.415. The predicted molar refractivity (Wildman–Crippen MR) is 546 cm³/mol. The third kappa shape index (κ3) is 23.5. The van der Waals surface area contributed by atoms with E-state index in [0.29, 0.717) is 39.7 Å². The Bertz CT molecular complexity index is 5540. The summed E-state index contributed by atoms with van der Waals surface area (Å²) < 4.78 is 49.1. The number of aryl methyl sites for hydroxylation is 2. The lowest BCUT2D eigenvalue weighted by atomic mass is 9.61. The van der Waals surface area contributed by atoms with Crippen LogP contribution in [0.2, 0.25) is 5.02 Å². The summed E-state index contributed by atoms with van der Waals surface area (Å²) in [5, 5.41) is 58.1. The Balaban J connectivity index is 0.000000136. The van der Waals surface area contributed by atoms with Gasteiger partial charge in [-0.3, -0.25) is 0 Å². The molecule has 6 N–H and O–H groups in total. The molecular weight excluding hydrogens is 1680 g/mol. The van der Waals surface area contributed by atoms with Crippen molar-refractivity contribution in [3.8, 4) is 40.2 Å². The summed E-state index contributed by atoms with van der Waals surface area (Å²) in [7, 11) is 1.72. The highest BCUT2D eigenvalue weighted by Crippen LogP contribution is 2.56. The normalized spacial score (nSPS) is 22.5. The van der Waals surface area contributed by atoms with E-state index in [1.807, 2.05) is 110 Å². The van der Waals surface area contributed by atoms with Gasteiger partial charge in [0.25, 0.3) is 0 Å². The zero-order chi connectivity index (χ0) is 95.4. The number of phenolic OH excluding ortho intramolecular Hbond substituents is 6. The molecule has 0 aromatic heterocycles. The van der Waals surface area contributed by atoms with Crippen molar-refractivity contribution in [3.05, 3.63) is 385 Å². The fourth-order valence-corrected chi connectivity index (χ4v) is 24.2. The monoisotopic (exact) mass is 1830 g/mol. The van der Waals surface area contributed by atoms with Crippen LogP contribution in [0, 0.1) is 78.6 Å². The first-order valence-electron chi connectivity index (χ1n) is 50.0. The maximum atomic E-state index is 14.6. The van der Waals surface area contributed by atoms with Gasteiger partial charge in [-0.25, -0.2) is 13.2 Å². The number of methoxy groups -OCH3 is 1. The first-order valence-corrected chi connectivity index (χ1v) is 50.3. The number of phenols is 6. The molecule has 0 saturated heterocycles. The first kappa shape index (κ1) is 101. The van der Waals surface area contributed by atoms with Crippen LogP contribution in [0.1, 0.15) is 300 Å². The van der Waals surface area contributed by atoms with Gasteiger partial charge in [0, 0.05) is 43.1 Å². The van der Waals surface area contributed by atoms with Gasteiger partial charge in [-0.05, 0) is 360 Å². The lowest BCUT2D eigenvalue weighted by Gasteiger charge is -2.42. The lowest BCUT2D eigenvalue weighted by Crippen LogP contribution is -2.35. The summed E-state index contributed by atoms with van der Waals surface area (Å²) in [4.78, 5) is 0. The Kier molecular flexibility index (Phi) is 34.4. The number of halogens is 4. The quantitative estimate of drug-likeness (QED) is 0.0535. The second kappa shape index (κ2) is 45.8. The molecule has 11 heteroatoms. The molecule has 18 rings (SSSR count). The minimum absolute atomic E-state index is 0.0215. The SMILES string of the molecule is CC(C)C1CCC(c2ccc(O)cc2)(c2ccccc2F)CC1.CC(C)C1CCC(c2ccccc2)(c2ccc(O)cc2)CC1.COc1cccc(C2(c3ccc(O)cc3)CCC(C(C)C)CC2)c1.Cc1ccc(C2(c3ccc(O)cc3)CCC(C(C)C)CC2)cc1.Cc1ccc(F)c(C2(c3ccc(O)cc3)CCCCC2)c1.Oc1ccc(C2(c3c(F)cccc3Cl)CCCCC2)cc1. The van der Waals surface area contributed by atoms with E-state index in [4.69, 9.17) is 16.3 Å². The van der Waals surface area contributed by atoms with Crippen LogP contribution in [0.3, 0.4) is 0 Å². The summed E-state index contributed by atoms with van der Waals surface area (Å²) in [5.74, 6) is 8.37. The molecule has 7 nitrogen and oxygen atoms in total. The minimum atomic E-state index is -0.381. The molecule has 12 aromatic carbocycles. The van der Waals surface area contributed by atoms with Crippen LogP contribution < -0.4 is 4.74 Å². The van der Waals surface area contributed by atoms with Gasteiger partial charge in [0.2, 0.25) is 0 Å². The molecule has 6 fully saturated rings. The second-order valence-corrected chi connectivity index (χ2v) is 41.7. The van der Waals surface area contributed by atoms with Crippen LogP contribution in [0.25, 0.3) is 0 Å². The van der Waals surface area contributed by atoms with Gasteiger partial charge in [0.15, 0.2) is 0 Å². The van der Waals surface area contributed by atoms with Crippen LogP contribution in [-0.2, 0) is 32.5 Å². The van der Waals surface area contributed by atoms with Crippen LogP contribution >= 0.6 is 11.6 Å². The van der Waals surface area contributed by atoms with E-state index in [-0.39, 0.29) is 67.2 Å². The number of hydrogen-bond donors (Lipinski definition) is 6. The molecule has 0 heterocycles. The molecule has 6 aliphatic carbocycles. The topological polar surface area (TPSA) is 131 Å². The van der Waals surface area contributed by atoms with Crippen molar-refractivity contribution in [1.82, 2.24) is 0 Å². The summed E-state index contributed by atoms with van der Waals surface area (Å²) in [6, 6.07) is 91.3. The molecule has 134 heavy (non-hydrogen) atoms. The van der Waals surface area contributed by atoms with Crippen LogP contribution in [-0.4, -0.2) is 37.7 Å². The fourth-order valence-electron chi connectivity index (χ4n) is 23.9. The van der Waals surface area contributed by atoms with E-state index in [2.05, 4.69) is 172 Å². The van der Waals surface area contributed by atoms with E-state index in [1.54, 1.807) is 73.8 Å². The number of hydrogen-bond acceptors (Lipinski definition) is 7. The average molecular weight is 1830 g/mol. The average Bonchev–Trinajstić information content (AvgIpc) is 0.772. The van der Waals surface area contributed by atoms with E-state index in [1.165, 1.54) is 122 Å². The minimum Gasteiger partial charge on any atom is -0.508 e. The van der Waals surface area contributed by atoms with Gasteiger partial charge in [-0.1, -0.05) is 293 Å². The molecule has 6 saturated carbocycles. The van der Waals surface area contributed by atoms with Gasteiger partial charge in [0.05, 0.1) is 7.11 Å². The second-order valence-electron chi connectivity index (χ2n) is 41.2.